The summed E-state index contributed by atoms with van der Waals surface area (Å²) < 4.78 is 1.70. The van der Waals surface area contributed by atoms with Crippen molar-refractivity contribution < 1.29 is 14.7 Å². The minimum absolute atomic E-state index is 0.227. The molecular weight excluding hydrogens is 262 g/mol. The Balaban J connectivity index is 1.68. The summed E-state index contributed by atoms with van der Waals surface area (Å²) in [5, 5.41) is 20.1. The average Bonchev–Trinajstić information content (AvgIpc) is 2.85. The molecule has 0 spiro atoms. The minimum Gasteiger partial charge on any atom is -0.481 e. The molecule has 108 valence electrons. The zero-order valence-corrected chi connectivity index (χ0v) is 11.0. The molecule has 0 aliphatic carbocycles. The molecule has 20 heavy (non-hydrogen) atoms. The van der Waals surface area contributed by atoms with Crippen molar-refractivity contribution >= 4 is 11.9 Å². The van der Waals surface area contributed by atoms with Gasteiger partial charge in [-0.25, -0.2) is 4.68 Å². The Bertz CT molecular complexity index is 525. The van der Waals surface area contributed by atoms with Gasteiger partial charge in [-0.05, 0) is 12.8 Å². The molecule has 8 nitrogen and oxygen atoms in total. The second-order valence-electron chi connectivity index (χ2n) is 5.32. The molecule has 8 heteroatoms. The maximum atomic E-state index is 12.3. The van der Waals surface area contributed by atoms with E-state index in [1.165, 1.54) is 0 Å². The number of aromatic nitrogens is 3. The van der Waals surface area contributed by atoms with Gasteiger partial charge in [0.05, 0.1) is 18.2 Å². The second-order valence-corrected chi connectivity index (χ2v) is 5.32. The molecule has 1 amide bonds. The van der Waals surface area contributed by atoms with Gasteiger partial charge in [-0.1, -0.05) is 5.21 Å². The van der Waals surface area contributed by atoms with Gasteiger partial charge in [-0.3, -0.25) is 9.59 Å². The summed E-state index contributed by atoms with van der Waals surface area (Å²) >= 11 is 0. The van der Waals surface area contributed by atoms with Crippen LogP contribution in [0.2, 0.25) is 0 Å². The molecule has 1 aromatic rings. The van der Waals surface area contributed by atoms with Gasteiger partial charge in [-0.15, -0.1) is 5.10 Å². The predicted octanol–water partition coefficient (Wildman–Crippen LogP) is -0.641. The number of nitrogens with zero attached hydrogens (tertiary/aromatic N) is 4. The van der Waals surface area contributed by atoms with Gasteiger partial charge in [0.25, 0.3) is 5.91 Å². The first-order chi connectivity index (χ1) is 9.65. The van der Waals surface area contributed by atoms with Gasteiger partial charge >= 0.3 is 5.97 Å². The monoisotopic (exact) mass is 279 g/mol. The Kier molecular flexibility index (Phi) is 3.39. The van der Waals surface area contributed by atoms with Crippen LogP contribution in [0.15, 0.2) is 6.20 Å². The third kappa shape index (κ3) is 2.38. The zero-order valence-electron chi connectivity index (χ0n) is 11.0. The van der Waals surface area contributed by atoms with Gasteiger partial charge in [0.2, 0.25) is 0 Å². The lowest BCUT2D eigenvalue weighted by Crippen LogP contribution is -2.43. The number of carboxylic acid groups (broad SMARTS) is 1. The summed E-state index contributed by atoms with van der Waals surface area (Å²) in [4.78, 5) is 24.9. The van der Waals surface area contributed by atoms with Crippen LogP contribution < -0.4 is 5.32 Å². The highest BCUT2D eigenvalue weighted by atomic mass is 16.4. The molecule has 1 aromatic heterocycles. The maximum absolute atomic E-state index is 12.3. The zero-order chi connectivity index (χ0) is 14.1. The van der Waals surface area contributed by atoms with E-state index in [0.29, 0.717) is 25.1 Å². The summed E-state index contributed by atoms with van der Waals surface area (Å²) in [6.45, 7) is 2.51. The largest absolute Gasteiger partial charge is 0.481 e. The molecule has 2 N–H and O–H groups in total. The summed E-state index contributed by atoms with van der Waals surface area (Å²) in [6.07, 6.45) is 2.99. The van der Waals surface area contributed by atoms with E-state index in [4.69, 9.17) is 5.11 Å². The molecule has 1 unspecified atom stereocenters. The van der Waals surface area contributed by atoms with E-state index < -0.39 is 11.9 Å². The van der Waals surface area contributed by atoms with Crippen LogP contribution in [-0.2, 0) is 4.79 Å². The van der Waals surface area contributed by atoms with Crippen LogP contribution >= 0.6 is 0 Å². The highest BCUT2D eigenvalue weighted by Gasteiger charge is 2.30. The molecule has 3 heterocycles. The number of amides is 1. The lowest BCUT2D eigenvalue weighted by atomic mass is 9.98. The molecule has 2 saturated heterocycles. The number of hydrogen-bond donors (Lipinski definition) is 2. The van der Waals surface area contributed by atoms with Crippen molar-refractivity contribution in [1.82, 2.24) is 25.2 Å². The van der Waals surface area contributed by atoms with Crippen molar-refractivity contribution in [2.24, 2.45) is 5.92 Å². The Hall–Kier alpha value is -1.96. The highest BCUT2D eigenvalue weighted by Crippen LogP contribution is 2.18. The fourth-order valence-electron chi connectivity index (χ4n) is 2.54. The number of carbonyl (C=O) groups excluding carboxylic acids is 1. The van der Waals surface area contributed by atoms with Gasteiger partial charge < -0.3 is 15.3 Å². The Morgan fingerprint density at radius 3 is 2.85 bits per heavy atom. The third-order valence-corrected chi connectivity index (χ3v) is 3.92. The Morgan fingerprint density at radius 1 is 1.40 bits per heavy atom. The van der Waals surface area contributed by atoms with Crippen molar-refractivity contribution in [3.05, 3.63) is 11.9 Å². The van der Waals surface area contributed by atoms with E-state index in [0.717, 1.165) is 13.1 Å². The number of nitrogens with one attached hydrogen (secondary N) is 1. The van der Waals surface area contributed by atoms with Crippen LogP contribution in [0.25, 0.3) is 0 Å². The molecule has 3 rings (SSSR count). The molecular formula is C12H17N5O3. The van der Waals surface area contributed by atoms with E-state index in [-0.39, 0.29) is 18.5 Å². The van der Waals surface area contributed by atoms with Crippen LogP contribution in [0.5, 0.6) is 0 Å². The van der Waals surface area contributed by atoms with Gasteiger partial charge in [0.15, 0.2) is 5.69 Å². The van der Waals surface area contributed by atoms with Crippen LogP contribution in [-0.4, -0.2) is 63.1 Å². The summed E-state index contributed by atoms with van der Waals surface area (Å²) in [5.74, 6) is -1.54. The maximum Gasteiger partial charge on any atom is 0.308 e. The SMILES string of the molecule is O=C(O)C1CCCN(C(=O)c2cn(C3CNC3)nn2)C1. The third-order valence-electron chi connectivity index (χ3n) is 3.92. The number of piperidine rings is 1. The first-order valence-corrected chi connectivity index (χ1v) is 6.80. The minimum atomic E-state index is -0.841. The molecule has 0 saturated carbocycles. The van der Waals surface area contributed by atoms with E-state index in [1.807, 2.05) is 0 Å². The second kappa shape index (κ2) is 5.20. The first-order valence-electron chi connectivity index (χ1n) is 6.80. The average molecular weight is 279 g/mol. The Morgan fingerprint density at radius 2 is 2.20 bits per heavy atom. The van der Waals surface area contributed by atoms with Gasteiger partial charge in [0.1, 0.15) is 0 Å². The molecule has 2 fully saturated rings. The number of carbonyl (C=O) groups is 2. The van der Waals surface area contributed by atoms with Crippen molar-refractivity contribution in [3.8, 4) is 0 Å². The fourth-order valence-corrected chi connectivity index (χ4v) is 2.54. The van der Waals surface area contributed by atoms with Crippen molar-refractivity contribution in [2.45, 2.75) is 18.9 Å². The molecule has 0 aromatic carbocycles. The summed E-state index contributed by atoms with van der Waals surface area (Å²) in [7, 11) is 0. The number of hydrogen-bond acceptors (Lipinski definition) is 5. The van der Waals surface area contributed by atoms with E-state index >= 15 is 0 Å². The summed E-state index contributed by atoms with van der Waals surface area (Å²) in [6, 6.07) is 0.261. The van der Waals surface area contributed by atoms with E-state index in [2.05, 4.69) is 15.6 Å². The molecule has 0 bridgehead atoms. The quantitative estimate of drug-likeness (QED) is 0.763. The number of rotatable bonds is 3. The number of likely N-dealkylation sites (tertiary alicyclic amines) is 1. The normalized spacial score (nSPS) is 23.4. The highest BCUT2D eigenvalue weighted by molar-refractivity contribution is 5.92. The number of carboxylic acids is 1. The van der Waals surface area contributed by atoms with Gasteiger partial charge in [-0.2, -0.15) is 0 Å². The molecule has 1 atom stereocenters. The predicted molar refractivity (Wildman–Crippen MR) is 68.2 cm³/mol. The number of aliphatic carboxylic acids is 1. The molecule has 0 radical (unpaired) electrons. The van der Waals surface area contributed by atoms with Crippen LogP contribution in [0.1, 0.15) is 29.4 Å². The molecule has 2 aliphatic heterocycles. The Labute approximate surface area is 115 Å². The van der Waals surface area contributed by atoms with E-state index in [1.54, 1.807) is 15.8 Å². The summed E-state index contributed by atoms with van der Waals surface area (Å²) in [5.41, 5.74) is 0.294. The van der Waals surface area contributed by atoms with Crippen molar-refractivity contribution in [3.63, 3.8) is 0 Å². The fraction of sp³-hybridized carbons (Fsp3) is 0.667. The van der Waals surface area contributed by atoms with Crippen molar-refractivity contribution in [2.75, 3.05) is 26.2 Å². The van der Waals surface area contributed by atoms with E-state index in [9.17, 15) is 9.59 Å². The lowest BCUT2D eigenvalue weighted by molar-refractivity contribution is -0.143. The first kappa shape index (κ1) is 13.0. The lowest BCUT2D eigenvalue weighted by Gasteiger charge is -2.30. The van der Waals surface area contributed by atoms with Crippen molar-refractivity contribution in [1.29, 1.82) is 0 Å². The molecule has 2 aliphatic rings. The van der Waals surface area contributed by atoms with Crippen LogP contribution in [0.4, 0.5) is 0 Å². The van der Waals surface area contributed by atoms with Crippen LogP contribution in [0.3, 0.4) is 0 Å². The van der Waals surface area contributed by atoms with Crippen LogP contribution in [0, 0.1) is 5.92 Å². The van der Waals surface area contributed by atoms with Gasteiger partial charge in [0, 0.05) is 26.2 Å². The smallest absolute Gasteiger partial charge is 0.308 e. The topological polar surface area (TPSA) is 100 Å². The standard InChI is InChI=1S/C12H17N5O3/c18-11(16-3-1-2-8(6-16)12(19)20)10-7-17(15-14-10)9-4-13-5-9/h7-9,13H,1-6H2,(H,19,20).